The Morgan fingerprint density at radius 1 is 1.07 bits per heavy atom. The maximum absolute atomic E-state index is 12.9. The molecule has 0 unspecified atom stereocenters. The highest BCUT2D eigenvalue weighted by molar-refractivity contribution is 7.92. The highest BCUT2D eigenvalue weighted by Gasteiger charge is 2.28. The minimum absolute atomic E-state index is 0.0255. The lowest BCUT2D eigenvalue weighted by Gasteiger charge is -2.14. The first-order valence-electron chi connectivity index (χ1n) is 9.06. The number of aromatic nitrogens is 1. The van der Waals surface area contributed by atoms with Crippen molar-refractivity contribution in [3.05, 3.63) is 71.9 Å². The summed E-state index contributed by atoms with van der Waals surface area (Å²) in [6.07, 6.45) is 2.35. The Labute approximate surface area is 169 Å². The fourth-order valence-electron chi connectivity index (χ4n) is 3.11. The van der Waals surface area contributed by atoms with Gasteiger partial charge in [0.15, 0.2) is 11.6 Å². The van der Waals surface area contributed by atoms with E-state index in [4.69, 9.17) is 4.74 Å². The van der Waals surface area contributed by atoms with E-state index in [1.165, 1.54) is 23.1 Å². The molecule has 1 aliphatic rings. The van der Waals surface area contributed by atoms with Crippen molar-refractivity contribution in [3.8, 4) is 11.5 Å². The first-order chi connectivity index (χ1) is 13.9. The molecule has 0 radical (unpaired) electrons. The summed E-state index contributed by atoms with van der Waals surface area (Å²) in [6, 6.07) is 14.8. The number of hydrogen-bond acceptors (Lipinski definition) is 5. The van der Waals surface area contributed by atoms with Crippen molar-refractivity contribution in [2.45, 2.75) is 18.2 Å². The predicted molar refractivity (Wildman–Crippen MR) is 110 cm³/mol. The molecule has 2 heterocycles. The fourth-order valence-corrected chi connectivity index (χ4v) is 4.19. The molecule has 1 aromatic heterocycles. The number of benzene rings is 2. The summed E-state index contributed by atoms with van der Waals surface area (Å²) in [7, 11) is -2.31. The van der Waals surface area contributed by atoms with Crippen LogP contribution < -0.4 is 14.4 Å². The van der Waals surface area contributed by atoms with Gasteiger partial charge >= 0.3 is 0 Å². The molecule has 148 valence electrons. The van der Waals surface area contributed by atoms with Gasteiger partial charge in [-0.2, -0.15) is 0 Å². The first kappa shape index (κ1) is 18.9. The van der Waals surface area contributed by atoms with Gasteiger partial charge in [0.25, 0.3) is 15.9 Å². The van der Waals surface area contributed by atoms with Crippen molar-refractivity contribution in [2.75, 3.05) is 16.7 Å². The lowest BCUT2D eigenvalue weighted by Crippen LogP contribution is -2.26. The molecule has 7 nitrogen and oxygen atoms in total. The second-order valence-electron chi connectivity index (χ2n) is 6.61. The zero-order valence-corrected chi connectivity index (χ0v) is 16.7. The third kappa shape index (κ3) is 3.54. The highest BCUT2D eigenvalue weighted by Crippen LogP contribution is 2.37. The Morgan fingerprint density at radius 3 is 2.69 bits per heavy atom. The lowest BCUT2D eigenvalue weighted by atomic mass is 10.1. The van der Waals surface area contributed by atoms with Gasteiger partial charge in [0.2, 0.25) is 0 Å². The molecule has 3 aromatic rings. The second kappa shape index (κ2) is 7.21. The highest BCUT2D eigenvalue weighted by atomic mass is 32.2. The SMILES string of the molecule is CCc1cccc(NS(=O)(=O)c2ccc3c(c2)C(=O)N(C)c2ncccc2O3)c1. The predicted octanol–water partition coefficient (Wildman–Crippen LogP) is 3.83. The Morgan fingerprint density at radius 2 is 1.90 bits per heavy atom. The number of hydrogen-bond donors (Lipinski definition) is 1. The molecule has 0 fully saturated rings. The summed E-state index contributed by atoms with van der Waals surface area (Å²) in [5, 5.41) is 0. The van der Waals surface area contributed by atoms with Crippen molar-refractivity contribution >= 4 is 27.4 Å². The maximum Gasteiger partial charge on any atom is 0.263 e. The third-order valence-electron chi connectivity index (χ3n) is 4.67. The molecule has 0 saturated heterocycles. The molecule has 29 heavy (non-hydrogen) atoms. The molecule has 0 aliphatic carbocycles. The van der Waals surface area contributed by atoms with Gasteiger partial charge in [0.05, 0.1) is 10.5 Å². The molecule has 8 heteroatoms. The van der Waals surface area contributed by atoms with Gasteiger partial charge in [-0.15, -0.1) is 0 Å². The van der Waals surface area contributed by atoms with E-state index in [1.54, 1.807) is 43.6 Å². The number of aryl methyl sites for hydroxylation is 1. The maximum atomic E-state index is 12.9. The summed E-state index contributed by atoms with van der Waals surface area (Å²) in [5.41, 5.74) is 1.63. The number of amides is 1. The summed E-state index contributed by atoms with van der Waals surface area (Å²) in [6.45, 7) is 2.00. The van der Waals surface area contributed by atoms with Crippen LogP contribution >= 0.6 is 0 Å². The van der Waals surface area contributed by atoms with Crippen LogP contribution in [0.1, 0.15) is 22.8 Å². The van der Waals surface area contributed by atoms with E-state index in [1.807, 2.05) is 13.0 Å². The number of fused-ring (bicyclic) bond motifs is 2. The summed E-state index contributed by atoms with van der Waals surface area (Å²) < 4.78 is 34.2. The van der Waals surface area contributed by atoms with Gasteiger partial charge in [-0.1, -0.05) is 19.1 Å². The van der Waals surface area contributed by atoms with E-state index in [-0.39, 0.29) is 16.2 Å². The number of rotatable bonds is 4. The van der Waals surface area contributed by atoms with E-state index in [2.05, 4.69) is 9.71 Å². The number of anilines is 2. The van der Waals surface area contributed by atoms with Crippen LogP contribution in [-0.4, -0.2) is 26.4 Å². The zero-order valence-electron chi connectivity index (χ0n) is 15.9. The van der Waals surface area contributed by atoms with Crippen LogP contribution in [0.25, 0.3) is 0 Å². The summed E-state index contributed by atoms with van der Waals surface area (Å²) >= 11 is 0. The third-order valence-corrected chi connectivity index (χ3v) is 6.05. The van der Waals surface area contributed by atoms with Crippen LogP contribution in [0, 0.1) is 0 Å². The molecule has 1 N–H and O–H groups in total. The number of nitrogens with one attached hydrogen (secondary N) is 1. The monoisotopic (exact) mass is 409 g/mol. The smallest absolute Gasteiger partial charge is 0.263 e. The number of pyridine rings is 1. The van der Waals surface area contributed by atoms with Crippen molar-refractivity contribution < 1.29 is 17.9 Å². The van der Waals surface area contributed by atoms with E-state index in [0.717, 1.165) is 12.0 Å². The molecule has 1 amide bonds. The first-order valence-corrected chi connectivity index (χ1v) is 10.5. The van der Waals surface area contributed by atoms with Crippen molar-refractivity contribution in [3.63, 3.8) is 0 Å². The van der Waals surface area contributed by atoms with E-state index < -0.39 is 15.9 Å². The average Bonchev–Trinajstić information content (AvgIpc) is 2.82. The van der Waals surface area contributed by atoms with Gasteiger partial charge < -0.3 is 4.74 Å². The normalized spacial score (nSPS) is 13.2. The molecule has 0 atom stereocenters. The number of carbonyl (C=O) groups excluding carboxylic acids is 1. The minimum atomic E-state index is -3.88. The van der Waals surface area contributed by atoms with Crippen molar-refractivity contribution in [2.24, 2.45) is 0 Å². The minimum Gasteiger partial charge on any atom is -0.453 e. The molecular weight excluding hydrogens is 390 g/mol. The molecule has 0 saturated carbocycles. The summed E-state index contributed by atoms with van der Waals surface area (Å²) in [5.74, 6) is 0.669. The Kier molecular flexibility index (Phi) is 4.71. The Balaban J connectivity index is 1.72. The van der Waals surface area contributed by atoms with Crippen LogP contribution in [0.4, 0.5) is 11.5 Å². The van der Waals surface area contributed by atoms with E-state index in [0.29, 0.717) is 17.3 Å². The van der Waals surface area contributed by atoms with Gasteiger partial charge in [-0.3, -0.25) is 14.4 Å². The van der Waals surface area contributed by atoms with Crippen LogP contribution in [0.2, 0.25) is 0 Å². The van der Waals surface area contributed by atoms with Gasteiger partial charge in [0.1, 0.15) is 5.75 Å². The van der Waals surface area contributed by atoms with Gasteiger partial charge in [-0.25, -0.2) is 13.4 Å². The fraction of sp³-hybridized carbons (Fsp3) is 0.143. The largest absolute Gasteiger partial charge is 0.453 e. The average molecular weight is 409 g/mol. The van der Waals surface area contributed by atoms with Gasteiger partial charge in [-0.05, 0) is 54.4 Å². The van der Waals surface area contributed by atoms with Crippen LogP contribution in [0.15, 0.2) is 65.7 Å². The summed E-state index contributed by atoms with van der Waals surface area (Å²) in [4.78, 5) is 18.4. The molecular formula is C21H19N3O4S. The Bertz CT molecular complexity index is 1210. The number of sulfonamides is 1. The molecule has 0 spiro atoms. The van der Waals surface area contributed by atoms with E-state index in [9.17, 15) is 13.2 Å². The topological polar surface area (TPSA) is 88.6 Å². The van der Waals surface area contributed by atoms with Crippen molar-refractivity contribution in [1.82, 2.24) is 4.98 Å². The zero-order chi connectivity index (χ0) is 20.6. The number of nitrogens with zero attached hydrogens (tertiary/aromatic N) is 2. The van der Waals surface area contributed by atoms with Crippen molar-refractivity contribution in [1.29, 1.82) is 0 Å². The molecule has 4 rings (SSSR count). The standard InChI is InChI=1S/C21H19N3O4S/c1-3-14-6-4-7-15(12-14)23-29(26,27)16-9-10-18-17(13-16)21(25)24(2)20-19(28-18)8-5-11-22-20/h4-13,23H,3H2,1-2H3. The van der Waals surface area contributed by atoms with Crippen LogP contribution in [-0.2, 0) is 16.4 Å². The molecule has 0 bridgehead atoms. The van der Waals surface area contributed by atoms with E-state index >= 15 is 0 Å². The number of carbonyl (C=O) groups is 1. The molecule has 1 aliphatic heterocycles. The quantitative estimate of drug-likeness (QED) is 0.708. The number of ether oxygens (including phenoxy) is 1. The second-order valence-corrected chi connectivity index (χ2v) is 8.29. The van der Waals surface area contributed by atoms with Crippen LogP contribution in [0.3, 0.4) is 0 Å². The molecule has 2 aromatic carbocycles. The lowest BCUT2D eigenvalue weighted by molar-refractivity contribution is 0.0992. The Hall–Kier alpha value is -3.39. The van der Waals surface area contributed by atoms with Crippen LogP contribution in [0.5, 0.6) is 11.5 Å². The van der Waals surface area contributed by atoms with Gasteiger partial charge in [0, 0.05) is 18.9 Å².